The fraction of sp³-hybridized carbons (Fsp3) is 0.586. The van der Waals surface area contributed by atoms with E-state index in [1.807, 2.05) is 18.3 Å². The molecule has 2 aliphatic carbocycles. The van der Waals surface area contributed by atoms with E-state index in [1.165, 1.54) is 18.4 Å². The van der Waals surface area contributed by atoms with Crippen molar-refractivity contribution in [3.05, 3.63) is 60.0 Å². The number of aromatic nitrogens is 1. The number of carboxylic acid groups (broad SMARTS) is 1. The topological polar surface area (TPSA) is 79.4 Å². The summed E-state index contributed by atoms with van der Waals surface area (Å²) in [6.45, 7) is 6.05. The van der Waals surface area contributed by atoms with Gasteiger partial charge in [0.1, 0.15) is 0 Å². The standard InChI is InChI=1S/C29H39NO4/c1-4-20(28-18(2)13-16-25(34-28)19(3)29(32)33)8-5-10-22-15-14-21-9-6-11-23(21)26(22)27(31)24-12-7-17-30-24/h5,7-8,10,12,14-15,17-19,21-23,25-26,28,30H,4,6,9,11,13,16H2,1-3H3,(H,32,33)/b10-5+,20-8+/t18-,19+,21-,22+,23+,25?,26+,28+/m0/s1. The molecule has 5 nitrogen and oxygen atoms in total. The summed E-state index contributed by atoms with van der Waals surface area (Å²) in [5.74, 6) is 0.237. The smallest absolute Gasteiger partial charge is 0.308 e. The number of aliphatic carboxylic acids is 1. The highest BCUT2D eigenvalue weighted by Crippen LogP contribution is 2.46. The second-order valence-electron chi connectivity index (χ2n) is 10.5. The Morgan fingerprint density at radius 1 is 1.24 bits per heavy atom. The van der Waals surface area contributed by atoms with E-state index in [9.17, 15) is 14.7 Å². The van der Waals surface area contributed by atoms with Crippen molar-refractivity contribution in [3.8, 4) is 0 Å². The summed E-state index contributed by atoms with van der Waals surface area (Å²) in [5, 5.41) is 9.43. The molecule has 8 atom stereocenters. The zero-order valence-corrected chi connectivity index (χ0v) is 20.7. The fourth-order valence-electron chi connectivity index (χ4n) is 6.26. The van der Waals surface area contributed by atoms with Crippen LogP contribution in [0.1, 0.15) is 69.8 Å². The van der Waals surface area contributed by atoms with E-state index >= 15 is 0 Å². The minimum absolute atomic E-state index is 0.0310. The third-order valence-electron chi connectivity index (χ3n) is 8.36. The summed E-state index contributed by atoms with van der Waals surface area (Å²) >= 11 is 0. The molecule has 0 aromatic carbocycles. The molecule has 0 amide bonds. The molecule has 1 aromatic heterocycles. The Bertz CT molecular complexity index is 943. The third kappa shape index (κ3) is 5.14. The van der Waals surface area contributed by atoms with Gasteiger partial charge in [0.25, 0.3) is 0 Å². The zero-order valence-electron chi connectivity index (χ0n) is 20.7. The van der Waals surface area contributed by atoms with Crippen LogP contribution in [0, 0.1) is 35.5 Å². The van der Waals surface area contributed by atoms with Crippen LogP contribution in [0.5, 0.6) is 0 Å². The van der Waals surface area contributed by atoms with Crippen molar-refractivity contribution in [1.29, 1.82) is 0 Å². The summed E-state index contributed by atoms with van der Waals surface area (Å²) in [6, 6.07) is 3.78. The van der Waals surface area contributed by atoms with Crippen molar-refractivity contribution in [3.63, 3.8) is 0 Å². The number of allylic oxidation sites excluding steroid dienone is 5. The van der Waals surface area contributed by atoms with Crippen molar-refractivity contribution < 1.29 is 19.4 Å². The number of fused-ring (bicyclic) bond motifs is 1. The van der Waals surface area contributed by atoms with Crippen molar-refractivity contribution >= 4 is 11.8 Å². The molecule has 1 aromatic rings. The number of ether oxygens (including phenoxy) is 1. The van der Waals surface area contributed by atoms with Crippen LogP contribution in [0.3, 0.4) is 0 Å². The Kier molecular flexibility index (Phi) is 7.92. The van der Waals surface area contributed by atoms with Crippen molar-refractivity contribution in [2.75, 3.05) is 0 Å². The molecule has 34 heavy (non-hydrogen) atoms. The second kappa shape index (κ2) is 10.9. The van der Waals surface area contributed by atoms with Gasteiger partial charge in [0.15, 0.2) is 5.78 Å². The lowest BCUT2D eigenvalue weighted by molar-refractivity contribution is -0.152. The molecule has 5 heteroatoms. The summed E-state index contributed by atoms with van der Waals surface area (Å²) in [4.78, 5) is 28.0. The first-order valence-corrected chi connectivity index (χ1v) is 13.0. The Labute approximate surface area is 203 Å². The highest BCUT2D eigenvalue weighted by Gasteiger charge is 2.42. The average Bonchev–Trinajstić information content (AvgIpc) is 3.53. The summed E-state index contributed by atoms with van der Waals surface area (Å²) in [7, 11) is 0. The van der Waals surface area contributed by atoms with Crippen LogP contribution in [0.2, 0.25) is 0 Å². The van der Waals surface area contributed by atoms with Crippen LogP contribution < -0.4 is 0 Å². The van der Waals surface area contributed by atoms with Gasteiger partial charge in [-0.05, 0) is 74.5 Å². The minimum Gasteiger partial charge on any atom is -0.481 e. The Hall–Kier alpha value is -2.40. The lowest BCUT2D eigenvalue weighted by Gasteiger charge is -2.37. The molecule has 0 radical (unpaired) electrons. The number of ketones is 1. The van der Waals surface area contributed by atoms with Crippen molar-refractivity contribution in [1.82, 2.24) is 4.98 Å². The molecular weight excluding hydrogens is 426 g/mol. The van der Waals surface area contributed by atoms with Gasteiger partial charge in [0.05, 0.1) is 23.8 Å². The maximum atomic E-state index is 13.4. The number of carbonyl (C=O) groups excluding carboxylic acids is 1. The van der Waals surface area contributed by atoms with Crippen molar-refractivity contribution in [2.24, 2.45) is 35.5 Å². The van der Waals surface area contributed by atoms with Crippen LogP contribution >= 0.6 is 0 Å². The predicted octanol–water partition coefficient (Wildman–Crippen LogP) is 6.21. The molecule has 1 saturated carbocycles. The molecule has 4 rings (SSSR count). The Morgan fingerprint density at radius 3 is 2.76 bits per heavy atom. The number of nitrogens with one attached hydrogen (secondary N) is 1. The first-order valence-electron chi connectivity index (χ1n) is 13.0. The molecule has 1 aliphatic heterocycles. The number of rotatable bonds is 8. The maximum absolute atomic E-state index is 13.4. The van der Waals surface area contributed by atoms with Gasteiger partial charge in [-0.25, -0.2) is 0 Å². The lowest BCUT2D eigenvalue weighted by atomic mass is 9.69. The van der Waals surface area contributed by atoms with Gasteiger partial charge < -0.3 is 14.8 Å². The molecular formula is C29H39NO4. The summed E-state index contributed by atoms with van der Waals surface area (Å²) < 4.78 is 6.33. The van der Waals surface area contributed by atoms with Gasteiger partial charge >= 0.3 is 5.97 Å². The minimum atomic E-state index is -0.799. The van der Waals surface area contributed by atoms with E-state index in [-0.39, 0.29) is 29.8 Å². The van der Waals surface area contributed by atoms with Gasteiger partial charge in [-0.3, -0.25) is 9.59 Å². The van der Waals surface area contributed by atoms with E-state index in [2.05, 4.69) is 49.2 Å². The SMILES string of the molecule is CC/C(=C\C=C\[C@@H]1C=C[C@@H]2CCC[C@H]2[C@@H]1C(=O)c1ccc[nH]1)[C@@H]1OC([C@@H](C)C(=O)O)CC[C@@H]1C. The summed E-state index contributed by atoms with van der Waals surface area (Å²) in [6.07, 6.45) is 18.6. The van der Waals surface area contributed by atoms with Gasteiger partial charge in [0, 0.05) is 18.0 Å². The van der Waals surface area contributed by atoms with Gasteiger partial charge in [-0.2, -0.15) is 0 Å². The first kappa shape index (κ1) is 24.7. The first-order chi connectivity index (χ1) is 16.4. The number of hydrogen-bond donors (Lipinski definition) is 2. The van der Waals surface area contributed by atoms with Gasteiger partial charge in [-0.1, -0.05) is 50.6 Å². The number of Topliss-reactive ketones (excluding diaryl/α,β-unsaturated/α-hetero) is 1. The molecule has 2 N–H and O–H groups in total. The number of aromatic amines is 1. The quantitative estimate of drug-likeness (QED) is 0.272. The van der Waals surface area contributed by atoms with Gasteiger partial charge in [-0.15, -0.1) is 0 Å². The highest BCUT2D eigenvalue weighted by atomic mass is 16.5. The van der Waals surface area contributed by atoms with E-state index in [0.29, 0.717) is 23.4 Å². The molecule has 2 heterocycles. The predicted molar refractivity (Wildman–Crippen MR) is 133 cm³/mol. The number of H-pyrrole nitrogens is 1. The van der Waals surface area contributed by atoms with E-state index in [0.717, 1.165) is 25.7 Å². The second-order valence-corrected chi connectivity index (χ2v) is 10.5. The molecule has 184 valence electrons. The summed E-state index contributed by atoms with van der Waals surface area (Å²) in [5.41, 5.74) is 1.90. The Morgan fingerprint density at radius 2 is 2.06 bits per heavy atom. The normalized spacial score (nSPS) is 34.8. The monoisotopic (exact) mass is 465 g/mol. The maximum Gasteiger partial charge on any atom is 0.308 e. The largest absolute Gasteiger partial charge is 0.481 e. The number of hydrogen-bond acceptors (Lipinski definition) is 3. The number of carboxylic acids is 1. The molecule has 1 unspecified atom stereocenters. The molecule has 0 spiro atoms. The molecule has 0 bridgehead atoms. The van der Waals surface area contributed by atoms with Crippen molar-refractivity contribution in [2.45, 2.75) is 71.5 Å². The van der Waals surface area contributed by atoms with Crippen LogP contribution in [0.25, 0.3) is 0 Å². The zero-order chi connectivity index (χ0) is 24.2. The molecule has 1 saturated heterocycles. The fourth-order valence-corrected chi connectivity index (χ4v) is 6.26. The lowest BCUT2D eigenvalue weighted by Crippen LogP contribution is -2.40. The third-order valence-corrected chi connectivity index (χ3v) is 8.36. The van der Waals surface area contributed by atoms with Crippen LogP contribution in [0.4, 0.5) is 0 Å². The van der Waals surface area contributed by atoms with Crippen LogP contribution in [-0.2, 0) is 9.53 Å². The average molecular weight is 466 g/mol. The van der Waals surface area contributed by atoms with E-state index in [4.69, 9.17) is 4.74 Å². The van der Waals surface area contributed by atoms with E-state index < -0.39 is 11.9 Å². The van der Waals surface area contributed by atoms with Crippen LogP contribution in [0.15, 0.2) is 54.3 Å². The van der Waals surface area contributed by atoms with E-state index in [1.54, 1.807) is 6.92 Å². The van der Waals surface area contributed by atoms with Crippen LogP contribution in [-0.4, -0.2) is 34.1 Å². The molecule has 3 aliphatic rings. The number of carbonyl (C=O) groups is 2. The molecule has 2 fully saturated rings. The Balaban J connectivity index is 1.53. The van der Waals surface area contributed by atoms with Gasteiger partial charge in [0.2, 0.25) is 0 Å². The highest BCUT2D eigenvalue weighted by molar-refractivity contribution is 5.97.